The van der Waals surface area contributed by atoms with E-state index in [-0.39, 0.29) is 16.7 Å². The smallest absolute Gasteiger partial charge is 0.166 e. The standard InChI is InChI=1S/C20H30O/c1-8-13-9-14-10-15(12-19(2,3)4)18(21)16(14)11-17(13)20(5,6)7/h9,11,15H,8,10,12H2,1-7H3. The minimum atomic E-state index is 0.1000. The zero-order valence-electron chi connectivity index (χ0n) is 14.8. The van der Waals surface area contributed by atoms with Gasteiger partial charge in [0, 0.05) is 11.5 Å². The van der Waals surface area contributed by atoms with E-state index >= 15 is 0 Å². The average Bonchev–Trinajstić information content (AvgIpc) is 2.61. The number of hydrogen-bond acceptors (Lipinski definition) is 1. The summed E-state index contributed by atoms with van der Waals surface area (Å²) < 4.78 is 0. The summed E-state index contributed by atoms with van der Waals surface area (Å²) in [5.74, 6) is 0.549. The van der Waals surface area contributed by atoms with Crippen molar-refractivity contribution in [2.45, 2.75) is 73.1 Å². The van der Waals surface area contributed by atoms with Crippen molar-refractivity contribution in [3.63, 3.8) is 0 Å². The molecule has 0 heterocycles. The summed E-state index contributed by atoms with van der Waals surface area (Å²) in [5.41, 5.74) is 5.33. The zero-order valence-corrected chi connectivity index (χ0v) is 14.8. The van der Waals surface area contributed by atoms with Gasteiger partial charge in [0.25, 0.3) is 0 Å². The first kappa shape index (κ1) is 16.3. The van der Waals surface area contributed by atoms with Gasteiger partial charge in [-0.3, -0.25) is 4.79 Å². The van der Waals surface area contributed by atoms with E-state index in [1.54, 1.807) is 0 Å². The van der Waals surface area contributed by atoms with Crippen molar-refractivity contribution >= 4 is 5.78 Å². The summed E-state index contributed by atoms with van der Waals surface area (Å²) in [6.07, 6.45) is 2.95. The molecule has 1 unspecified atom stereocenters. The maximum Gasteiger partial charge on any atom is 0.166 e. The lowest BCUT2D eigenvalue weighted by molar-refractivity contribution is 0.0903. The van der Waals surface area contributed by atoms with Crippen molar-refractivity contribution in [2.75, 3.05) is 0 Å². The Kier molecular flexibility index (Phi) is 4.08. The Morgan fingerprint density at radius 2 is 1.71 bits per heavy atom. The third kappa shape index (κ3) is 3.39. The van der Waals surface area contributed by atoms with Crippen LogP contribution in [0.25, 0.3) is 0 Å². The third-order valence-electron chi connectivity index (χ3n) is 4.48. The van der Waals surface area contributed by atoms with Crippen molar-refractivity contribution < 1.29 is 4.79 Å². The molecule has 0 radical (unpaired) electrons. The first-order valence-corrected chi connectivity index (χ1v) is 8.23. The highest BCUT2D eigenvalue weighted by Gasteiger charge is 2.34. The highest BCUT2D eigenvalue weighted by molar-refractivity contribution is 6.02. The van der Waals surface area contributed by atoms with Gasteiger partial charge in [-0.2, -0.15) is 0 Å². The SMILES string of the molecule is CCc1cc2c(cc1C(C)(C)C)C(=O)C(CC(C)(C)C)C2. The van der Waals surface area contributed by atoms with Crippen molar-refractivity contribution in [3.8, 4) is 0 Å². The molecule has 1 aliphatic carbocycles. The number of hydrogen-bond donors (Lipinski definition) is 0. The summed E-state index contributed by atoms with van der Waals surface area (Å²) in [7, 11) is 0. The van der Waals surface area contributed by atoms with E-state index in [1.165, 1.54) is 16.7 Å². The van der Waals surface area contributed by atoms with Gasteiger partial charge in [0.1, 0.15) is 0 Å². The number of Topliss-reactive ketones (excluding diaryl/α,β-unsaturated/α-hetero) is 1. The van der Waals surface area contributed by atoms with Crippen LogP contribution in [0, 0.1) is 11.3 Å². The van der Waals surface area contributed by atoms with Crippen molar-refractivity contribution in [3.05, 3.63) is 34.4 Å². The number of aryl methyl sites for hydroxylation is 1. The van der Waals surface area contributed by atoms with Gasteiger partial charge in [0.2, 0.25) is 0 Å². The molecule has 0 spiro atoms. The molecular formula is C20H30O. The van der Waals surface area contributed by atoms with Gasteiger partial charge < -0.3 is 0 Å². The molecule has 0 amide bonds. The van der Waals surface area contributed by atoms with E-state index in [2.05, 4.69) is 60.6 Å². The molecule has 0 aromatic heterocycles. The third-order valence-corrected chi connectivity index (χ3v) is 4.48. The van der Waals surface area contributed by atoms with Crippen LogP contribution in [-0.2, 0) is 18.3 Å². The van der Waals surface area contributed by atoms with Gasteiger partial charge >= 0.3 is 0 Å². The van der Waals surface area contributed by atoms with E-state index in [0.29, 0.717) is 5.78 Å². The minimum absolute atomic E-state index is 0.1000. The van der Waals surface area contributed by atoms with Crippen LogP contribution >= 0.6 is 0 Å². The van der Waals surface area contributed by atoms with Gasteiger partial charge in [-0.25, -0.2) is 0 Å². The van der Waals surface area contributed by atoms with E-state index < -0.39 is 0 Å². The van der Waals surface area contributed by atoms with E-state index in [1.807, 2.05) is 0 Å². The first-order valence-electron chi connectivity index (χ1n) is 8.23. The van der Waals surface area contributed by atoms with Crippen LogP contribution in [0.5, 0.6) is 0 Å². The molecule has 1 aliphatic rings. The van der Waals surface area contributed by atoms with E-state index in [0.717, 1.165) is 24.8 Å². The maximum atomic E-state index is 12.8. The molecule has 1 atom stereocenters. The Hall–Kier alpha value is -1.11. The molecular weight excluding hydrogens is 256 g/mol. The monoisotopic (exact) mass is 286 g/mol. The predicted octanol–water partition coefficient (Wildman–Crippen LogP) is 5.34. The number of rotatable bonds is 2. The number of ketones is 1. The lowest BCUT2D eigenvalue weighted by Crippen LogP contribution is -2.18. The zero-order chi connectivity index (χ0) is 16.0. The topological polar surface area (TPSA) is 17.1 Å². The highest BCUT2D eigenvalue weighted by atomic mass is 16.1. The molecule has 1 aromatic carbocycles. The fourth-order valence-electron chi connectivity index (χ4n) is 3.57. The molecule has 1 heteroatoms. The highest BCUT2D eigenvalue weighted by Crippen LogP contribution is 2.38. The predicted molar refractivity (Wildman–Crippen MR) is 90.1 cm³/mol. The van der Waals surface area contributed by atoms with Crippen LogP contribution < -0.4 is 0 Å². The fourth-order valence-corrected chi connectivity index (χ4v) is 3.57. The molecule has 21 heavy (non-hydrogen) atoms. The number of fused-ring (bicyclic) bond motifs is 1. The summed E-state index contributed by atoms with van der Waals surface area (Å²) in [4.78, 5) is 12.8. The first-order chi connectivity index (χ1) is 9.53. The Morgan fingerprint density at radius 3 is 2.19 bits per heavy atom. The fraction of sp³-hybridized carbons (Fsp3) is 0.650. The average molecular weight is 286 g/mol. The number of carbonyl (C=O) groups is 1. The lowest BCUT2D eigenvalue weighted by atomic mass is 9.81. The molecule has 116 valence electrons. The lowest BCUT2D eigenvalue weighted by Gasteiger charge is -2.23. The summed E-state index contributed by atoms with van der Waals surface area (Å²) in [5, 5.41) is 0. The second-order valence-corrected chi connectivity index (χ2v) is 8.80. The molecule has 0 fully saturated rings. The summed E-state index contributed by atoms with van der Waals surface area (Å²) in [6, 6.07) is 4.50. The number of benzene rings is 1. The van der Waals surface area contributed by atoms with Crippen molar-refractivity contribution in [1.82, 2.24) is 0 Å². The second-order valence-electron chi connectivity index (χ2n) is 8.80. The van der Waals surface area contributed by atoms with E-state index in [9.17, 15) is 4.79 Å². The van der Waals surface area contributed by atoms with Gasteiger partial charge in [-0.1, -0.05) is 54.5 Å². The Bertz CT molecular complexity index is 552. The Labute approximate surface area is 130 Å². The van der Waals surface area contributed by atoms with E-state index in [4.69, 9.17) is 0 Å². The number of carbonyl (C=O) groups excluding carboxylic acids is 1. The van der Waals surface area contributed by atoms with Crippen molar-refractivity contribution in [2.24, 2.45) is 11.3 Å². The summed E-state index contributed by atoms with van der Waals surface area (Å²) >= 11 is 0. The van der Waals surface area contributed by atoms with Gasteiger partial charge in [-0.05, 0) is 52.8 Å². The maximum absolute atomic E-state index is 12.8. The van der Waals surface area contributed by atoms with Crippen LogP contribution in [0.4, 0.5) is 0 Å². The molecule has 0 bridgehead atoms. The van der Waals surface area contributed by atoms with Gasteiger partial charge in [0.05, 0.1) is 0 Å². The summed E-state index contributed by atoms with van der Waals surface area (Å²) in [6.45, 7) is 15.6. The van der Waals surface area contributed by atoms with Crippen LogP contribution in [-0.4, -0.2) is 5.78 Å². The molecule has 2 rings (SSSR count). The molecule has 0 saturated carbocycles. The quantitative estimate of drug-likeness (QED) is 0.717. The van der Waals surface area contributed by atoms with Crippen LogP contribution in [0.1, 0.15) is 81.9 Å². The largest absolute Gasteiger partial charge is 0.294 e. The molecule has 0 N–H and O–H groups in total. The molecule has 1 aromatic rings. The Morgan fingerprint density at radius 1 is 1.10 bits per heavy atom. The molecule has 1 nitrogen and oxygen atoms in total. The minimum Gasteiger partial charge on any atom is -0.294 e. The normalized spacial score (nSPS) is 19.0. The van der Waals surface area contributed by atoms with Crippen LogP contribution in [0.2, 0.25) is 0 Å². The van der Waals surface area contributed by atoms with Crippen LogP contribution in [0.3, 0.4) is 0 Å². The van der Waals surface area contributed by atoms with Crippen molar-refractivity contribution in [1.29, 1.82) is 0 Å². The van der Waals surface area contributed by atoms with Gasteiger partial charge in [-0.15, -0.1) is 0 Å². The van der Waals surface area contributed by atoms with Gasteiger partial charge in [0.15, 0.2) is 5.78 Å². The van der Waals surface area contributed by atoms with Crippen LogP contribution in [0.15, 0.2) is 12.1 Å². The Balaban J connectivity index is 2.42. The second kappa shape index (κ2) is 5.26. The molecule has 0 aliphatic heterocycles. The molecule has 0 saturated heterocycles.